The van der Waals surface area contributed by atoms with E-state index in [2.05, 4.69) is 56.5 Å². The molecule has 1 rings (SSSR count). The number of rotatable bonds is 2. The summed E-state index contributed by atoms with van der Waals surface area (Å²) in [5.41, 5.74) is 0. The molecule has 0 N–H and O–H groups in total. The van der Waals surface area contributed by atoms with Crippen LogP contribution >= 0.6 is 45.8 Å². The maximum absolute atomic E-state index is 6.22. The van der Waals surface area contributed by atoms with Gasteiger partial charge in [0.1, 0.15) is 10.8 Å². The van der Waals surface area contributed by atoms with Crippen LogP contribution in [0.1, 0.15) is 20.8 Å². The zero-order valence-corrected chi connectivity index (χ0v) is 15.4. The minimum absolute atomic E-state index is 0.145. The molecular formula is C12H17Cl2IOSi. The maximum atomic E-state index is 6.22. The smallest absolute Gasteiger partial charge is 0.250 e. The zero-order chi connectivity index (χ0) is 13.4. The average molecular weight is 403 g/mol. The first-order valence-electron chi connectivity index (χ1n) is 5.39. The molecule has 0 aliphatic carbocycles. The van der Waals surface area contributed by atoms with Gasteiger partial charge in [0, 0.05) is 3.57 Å². The number of hydrogen-bond acceptors (Lipinski definition) is 1. The summed E-state index contributed by atoms with van der Waals surface area (Å²) < 4.78 is 7.09. The predicted molar refractivity (Wildman–Crippen MR) is 87.0 cm³/mol. The molecule has 0 aliphatic rings. The number of hydrogen-bond donors (Lipinski definition) is 0. The summed E-state index contributed by atoms with van der Waals surface area (Å²) in [6.45, 7) is 11.0. The van der Waals surface area contributed by atoms with Crippen LogP contribution in [-0.4, -0.2) is 8.32 Å². The Morgan fingerprint density at radius 3 is 2.12 bits per heavy atom. The lowest BCUT2D eigenvalue weighted by atomic mass is 10.2. The van der Waals surface area contributed by atoms with E-state index in [1.165, 1.54) is 0 Å². The summed E-state index contributed by atoms with van der Waals surface area (Å²) in [6, 6.07) is 3.83. The molecule has 0 fully saturated rings. The van der Waals surface area contributed by atoms with Gasteiger partial charge in [-0.25, -0.2) is 0 Å². The first-order chi connectivity index (χ1) is 7.56. The van der Waals surface area contributed by atoms with Gasteiger partial charge in [0.2, 0.25) is 0 Å². The van der Waals surface area contributed by atoms with Gasteiger partial charge in [-0.1, -0.05) is 44.0 Å². The van der Waals surface area contributed by atoms with Crippen molar-refractivity contribution in [3.8, 4) is 5.75 Å². The molecular weight excluding hydrogens is 386 g/mol. The Morgan fingerprint density at radius 1 is 1.12 bits per heavy atom. The summed E-state index contributed by atoms with van der Waals surface area (Å²) in [6.07, 6.45) is 0. The third-order valence-electron chi connectivity index (χ3n) is 3.17. The van der Waals surface area contributed by atoms with Gasteiger partial charge in [0.05, 0.1) is 5.02 Å². The molecule has 0 spiro atoms. The Labute approximate surface area is 128 Å². The van der Waals surface area contributed by atoms with Crippen LogP contribution in [0.15, 0.2) is 12.1 Å². The summed E-state index contributed by atoms with van der Waals surface area (Å²) in [7, 11) is -1.86. The average Bonchev–Trinajstić information content (AvgIpc) is 2.17. The van der Waals surface area contributed by atoms with Gasteiger partial charge >= 0.3 is 0 Å². The van der Waals surface area contributed by atoms with Crippen LogP contribution in [0.5, 0.6) is 5.75 Å². The second-order valence-corrected chi connectivity index (χ2v) is 12.2. The highest BCUT2D eigenvalue weighted by molar-refractivity contribution is 14.1. The van der Waals surface area contributed by atoms with E-state index in [-0.39, 0.29) is 5.04 Å². The molecule has 1 aromatic rings. The highest BCUT2D eigenvalue weighted by Crippen LogP contribution is 2.41. The van der Waals surface area contributed by atoms with Gasteiger partial charge in [-0.3, -0.25) is 0 Å². The van der Waals surface area contributed by atoms with E-state index in [0.717, 1.165) is 3.57 Å². The molecule has 0 bridgehead atoms. The molecule has 0 aliphatic heterocycles. The Bertz CT molecular complexity index is 427. The van der Waals surface area contributed by atoms with Crippen molar-refractivity contribution < 1.29 is 4.43 Å². The number of benzene rings is 1. The summed E-state index contributed by atoms with van der Waals surface area (Å²) in [5, 5.41) is 1.23. The van der Waals surface area contributed by atoms with Crippen LogP contribution in [-0.2, 0) is 0 Å². The second-order valence-electron chi connectivity index (χ2n) is 5.54. The standard InChI is InChI=1S/C12H17Cl2IOSi/c1-12(2,3)17(4,5)16-9-7-6-8(15)10(13)11(9)14/h6-7H,1-5H3. The second kappa shape index (κ2) is 5.27. The molecule has 0 unspecified atom stereocenters. The molecule has 0 aromatic heterocycles. The lowest BCUT2D eigenvalue weighted by molar-refractivity contribution is 0.492. The lowest BCUT2D eigenvalue weighted by Crippen LogP contribution is -2.43. The van der Waals surface area contributed by atoms with E-state index in [1.54, 1.807) is 0 Å². The van der Waals surface area contributed by atoms with Gasteiger partial charge in [-0.05, 0) is 52.9 Å². The van der Waals surface area contributed by atoms with Crippen LogP contribution in [0.25, 0.3) is 0 Å². The van der Waals surface area contributed by atoms with Gasteiger partial charge in [0.25, 0.3) is 8.32 Å². The fourth-order valence-electron chi connectivity index (χ4n) is 1.01. The summed E-state index contributed by atoms with van der Waals surface area (Å²) >= 11 is 14.5. The van der Waals surface area contributed by atoms with Crippen molar-refractivity contribution in [1.82, 2.24) is 0 Å². The van der Waals surface area contributed by atoms with Crippen LogP contribution in [0.3, 0.4) is 0 Å². The lowest BCUT2D eigenvalue weighted by Gasteiger charge is -2.36. The van der Waals surface area contributed by atoms with Crippen molar-refractivity contribution in [2.24, 2.45) is 0 Å². The molecule has 0 saturated carbocycles. The van der Waals surface area contributed by atoms with Gasteiger partial charge in [-0.2, -0.15) is 0 Å². The molecule has 0 atom stereocenters. The highest BCUT2D eigenvalue weighted by atomic mass is 127. The van der Waals surface area contributed by atoms with E-state index in [0.29, 0.717) is 15.8 Å². The zero-order valence-electron chi connectivity index (χ0n) is 10.7. The van der Waals surface area contributed by atoms with Gasteiger partial charge in [0.15, 0.2) is 0 Å². The third kappa shape index (κ3) is 3.52. The van der Waals surface area contributed by atoms with Crippen molar-refractivity contribution in [1.29, 1.82) is 0 Å². The van der Waals surface area contributed by atoms with Crippen molar-refractivity contribution >= 4 is 54.1 Å². The molecule has 0 heterocycles. The SMILES string of the molecule is CC(C)(C)[Si](C)(C)Oc1ccc(I)c(Cl)c1Cl. The molecule has 0 radical (unpaired) electrons. The normalized spacial score (nSPS) is 12.7. The Kier molecular flexibility index (Phi) is 4.84. The highest BCUT2D eigenvalue weighted by Gasteiger charge is 2.39. The Morgan fingerprint density at radius 2 is 1.65 bits per heavy atom. The van der Waals surface area contributed by atoms with Crippen LogP contribution in [0.2, 0.25) is 28.2 Å². The van der Waals surface area contributed by atoms with Crippen molar-refractivity contribution in [3.05, 3.63) is 25.7 Å². The Balaban J connectivity index is 3.09. The minimum Gasteiger partial charge on any atom is -0.542 e. The van der Waals surface area contributed by atoms with E-state index in [4.69, 9.17) is 27.6 Å². The van der Waals surface area contributed by atoms with Crippen LogP contribution < -0.4 is 4.43 Å². The fourth-order valence-corrected chi connectivity index (χ4v) is 3.07. The van der Waals surface area contributed by atoms with Gasteiger partial charge < -0.3 is 4.43 Å². The minimum atomic E-state index is -1.86. The van der Waals surface area contributed by atoms with Gasteiger partial charge in [-0.15, -0.1) is 0 Å². The van der Waals surface area contributed by atoms with E-state index in [1.807, 2.05) is 12.1 Å². The number of halogens is 3. The first-order valence-corrected chi connectivity index (χ1v) is 10.1. The summed E-state index contributed by atoms with van der Waals surface area (Å²) in [5.74, 6) is 0.698. The molecule has 96 valence electrons. The Hall–Kier alpha value is 0.547. The molecule has 1 aromatic carbocycles. The quantitative estimate of drug-likeness (QED) is 0.335. The molecule has 0 amide bonds. The third-order valence-corrected chi connectivity index (χ3v) is 9.60. The topological polar surface area (TPSA) is 9.23 Å². The van der Waals surface area contributed by atoms with Crippen LogP contribution in [0.4, 0.5) is 0 Å². The van der Waals surface area contributed by atoms with E-state index in [9.17, 15) is 0 Å². The van der Waals surface area contributed by atoms with Crippen molar-refractivity contribution in [2.75, 3.05) is 0 Å². The molecule has 17 heavy (non-hydrogen) atoms. The monoisotopic (exact) mass is 402 g/mol. The summed E-state index contributed by atoms with van der Waals surface area (Å²) in [4.78, 5) is 0. The van der Waals surface area contributed by atoms with Crippen molar-refractivity contribution in [2.45, 2.75) is 38.9 Å². The molecule has 1 nitrogen and oxygen atoms in total. The van der Waals surface area contributed by atoms with E-state index >= 15 is 0 Å². The fraction of sp³-hybridized carbons (Fsp3) is 0.500. The first kappa shape index (κ1) is 15.6. The largest absolute Gasteiger partial charge is 0.542 e. The maximum Gasteiger partial charge on any atom is 0.250 e. The molecule has 5 heteroatoms. The predicted octanol–water partition coefficient (Wildman–Crippen LogP) is 5.98. The van der Waals surface area contributed by atoms with Crippen LogP contribution in [0, 0.1) is 3.57 Å². The van der Waals surface area contributed by atoms with Crippen molar-refractivity contribution in [3.63, 3.8) is 0 Å². The molecule has 0 saturated heterocycles. The van der Waals surface area contributed by atoms with E-state index < -0.39 is 8.32 Å².